The predicted octanol–water partition coefficient (Wildman–Crippen LogP) is 1.77. The summed E-state index contributed by atoms with van der Waals surface area (Å²) in [7, 11) is 1.56. The molecule has 0 saturated carbocycles. The Morgan fingerprint density at radius 3 is 2.97 bits per heavy atom. The van der Waals surface area contributed by atoms with E-state index in [1.54, 1.807) is 24.1 Å². The second-order valence-electron chi connectivity index (χ2n) is 8.00. The number of methoxy groups -OCH3 is 1. The SMILES string of the molecule is CO[C@H]1CN(c2ccn(-c3cc(-c4c(F)cccc4C#N)nc4c3C(=O)NC4)n2)CC[C@@H]1O. The number of anilines is 1. The van der Waals surface area contributed by atoms with E-state index in [1.165, 1.54) is 18.2 Å². The normalized spacial score (nSPS) is 19.8. The van der Waals surface area contributed by atoms with E-state index in [0.29, 0.717) is 42.3 Å². The van der Waals surface area contributed by atoms with Crippen molar-refractivity contribution >= 4 is 11.7 Å². The maximum Gasteiger partial charge on any atom is 0.255 e. The summed E-state index contributed by atoms with van der Waals surface area (Å²) in [4.78, 5) is 19.0. The number of carbonyl (C=O) groups is 1. The van der Waals surface area contributed by atoms with Crippen molar-refractivity contribution in [3.63, 3.8) is 0 Å². The lowest BCUT2D eigenvalue weighted by Crippen LogP contribution is -2.47. The van der Waals surface area contributed by atoms with E-state index in [0.717, 1.165) is 0 Å². The number of nitriles is 1. The number of carbonyl (C=O) groups excluding carboxylic acids is 1. The van der Waals surface area contributed by atoms with Crippen LogP contribution in [0.25, 0.3) is 16.9 Å². The predicted molar refractivity (Wildman–Crippen MR) is 116 cm³/mol. The van der Waals surface area contributed by atoms with Gasteiger partial charge in [0.05, 0.1) is 52.5 Å². The highest BCUT2D eigenvalue weighted by Gasteiger charge is 2.30. The van der Waals surface area contributed by atoms with Crippen LogP contribution in [0.3, 0.4) is 0 Å². The molecular formula is C23H21FN6O3. The van der Waals surface area contributed by atoms with Gasteiger partial charge in [-0.3, -0.25) is 4.79 Å². The molecule has 168 valence electrons. The number of hydrogen-bond acceptors (Lipinski definition) is 7. The molecule has 2 atom stereocenters. The van der Waals surface area contributed by atoms with Crippen molar-refractivity contribution < 1.29 is 19.0 Å². The number of piperidine rings is 1. The number of nitrogens with zero attached hydrogens (tertiary/aromatic N) is 5. The first-order chi connectivity index (χ1) is 16.0. The Bertz CT molecular complexity index is 1280. The van der Waals surface area contributed by atoms with Crippen molar-refractivity contribution in [1.29, 1.82) is 5.26 Å². The summed E-state index contributed by atoms with van der Waals surface area (Å²) in [5.74, 6) is -0.188. The molecule has 1 fully saturated rings. The van der Waals surface area contributed by atoms with Crippen LogP contribution in [-0.4, -0.2) is 58.2 Å². The molecule has 2 aromatic heterocycles. The van der Waals surface area contributed by atoms with Gasteiger partial charge in [0, 0.05) is 32.5 Å². The molecule has 10 heteroatoms. The topological polar surface area (TPSA) is 116 Å². The van der Waals surface area contributed by atoms with E-state index in [4.69, 9.17) is 4.74 Å². The number of aliphatic hydroxyl groups is 1. The monoisotopic (exact) mass is 448 g/mol. The molecule has 1 saturated heterocycles. The fraction of sp³-hybridized carbons (Fsp3) is 0.304. The van der Waals surface area contributed by atoms with Gasteiger partial charge in [-0.2, -0.15) is 10.4 Å². The molecule has 1 aromatic carbocycles. The third-order valence-electron chi connectivity index (χ3n) is 6.08. The second kappa shape index (κ2) is 8.27. The molecule has 4 heterocycles. The fourth-order valence-corrected chi connectivity index (χ4v) is 4.36. The average molecular weight is 448 g/mol. The van der Waals surface area contributed by atoms with Crippen LogP contribution in [0.4, 0.5) is 10.2 Å². The molecule has 5 rings (SSSR count). The molecule has 0 bridgehead atoms. The number of aliphatic hydroxyl groups excluding tert-OH is 1. The van der Waals surface area contributed by atoms with E-state index in [-0.39, 0.29) is 35.4 Å². The summed E-state index contributed by atoms with van der Waals surface area (Å²) < 4.78 is 21.6. The lowest BCUT2D eigenvalue weighted by Gasteiger charge is -2.35. The number of aromatic nitrogens is 3. The van der Waals surface area contributed by atoms with E-state index in [2.05, 4.69) is 15.4 Å². The maximum atomic E-state index is 14.7. The standard InChI is InChI=1S/C23H21FN6O3/c1-33-19-12-29(7-5-18(19)31)20-6-8-30(28-20)17-9-15(27-16-11-26-23(32)22(16)17)21-13(10-25)3-2-4-14(21)24/h2-4,6,8-9,18-19,31H,5,7,11-12H2,1H3,(H,26,32)/t18-,19-/m0/s1. The lowest BCUT2D eigenvalue weighted by atomic mass is 10.0. The van der Waals surface area contributed by atoms with Gasteiger partial charge in [-0.25, -0.2) is 14.1 Å². The fourth-order valence-electron chi connectivity index (χ4n) is 4.36. The number of benzene rings is 1. The third-order valence-corrected chi connectivity index (χ3v) is 6.08. The summed E-state index contributed by atoms with van der Waals surface area (Å²) in [5.41, 5.74) is 1.79. The van der Waals surface area contributed by atoms with Crippen molar-refractivity contribution in [1.82, 2.24) is 20.1 Å². The third kappa shape index (κ3) is 3.61. The molecule has 33 heavy (non-hydrogen) atoms. The van der Waals surface area contributed by atoms with E-state index >= 15 is 0 Å². The highest BCUT2D eigenvalue weighted by Crippen LogP contribution is 2.32. The molecule has 1 amide bonds. The number of rotatable bonds is 4. The first-order valence-electron chi connectivity index (χ1n) is 10.5. The van der Waals surface area contributed by atoms with Crippen LogP contribution in [0.2, 0.25) is 0 Å². The zero-order valence-corrected chi connectivity index (χ0v) is 17.8. The van der Waals surface area contributed by atoms with Crippen LogP contribution in [0.1, 0.15) is 28.0 Å². The minimum atomic E-state index is -0.566. The van der Waals surface area contributed by atoms with Gasteiger partial charge in [0.25, 0.3) is 5.91 Å². The Kier molecular flexibility index (Phi) is 5.28. The number of pyridine rings is 1. The summed E-state index contributed by atoms with van der Waals surface area (Å²) in [6.07, 6.45) is 1.42. The van der Waals surface area contributed by atoms with Crippen LogP contribution in [-0.2, 0) is 11.3 Å². The first kappa shape index (κ1) is 21.1. The van der Waals surface area contributed by atoms with Crippen molar-refractivity contribution in [2.24, 2.45) is 0 Å². The summed E-state index contributed by atoms with van der Waals surface area (Å²) in [6.45, 7) is 1.30. The number of fused-ring (bicyclic) bond motifs is 1. The molecule has 0 aliphatic carbocycles. The Morgan fingerprint density at radius 2 is 2.18 bits per heavy atom. The van der Waals surface area contributed by atoms with Crippen LogP contribution in [0.15, 0.2) is 36.5 Å². The Labute approximate surface area is 189 Å². The highest BCUT2D eigenvalue weighted by atomic mass is 19.1. The molecule has 0 radical (unpaired) electrons. The quantitative estimate of drug-likeness (QED) is 0.625. The number of amides is 1. The van der Waals surface area contributed by atoms with Gasteiger partial charge in [0.1, 0.15) is 11.9 Å². The smallest absolute Gasteiger partial charge is 0.255 e. The number of nitrogens with one attached hydrogen (secondary N) is 1. The Hall–Kier alpha value is -3.81. The molecule has 2 N–H and O–H groups in total. The van der Waals surface area contributed by atoms with Gasteiger partial charge in [-0.1, -0.05) is 6.07 Å². The second-order valence-corrected chi connectivity index (χ2v) is 8.00. The molecule has 3 aromatic rings. The van der Waals surface area contributed by atoms with Gasteiger partial charge in [-0.05, 0) is 24.6 Å². The summed E-state index contributed by atoms with van der Waals surface area (Å²) in [6, 6.07) is 9.67. The largest absolute Gasteiger partial charge is 0.390 e. The van der Waals surface area contributed by atoms with Gasteiger partial charge < -0.3 is 20.1 Å². The zero-order valence-electron chi connectivity index (χ0n) is 17.8. The lowest BCUT2D eigenvalue weighted by molar-refractivity contribution is -0.0207. The van der Waals surface area contributed by atoms with Crippen molar-refractivity contribution in [2.75, 3.05) is 25.1 Å². The van der Waals surface area contributed by atoms with E-state index in [1.807, 2.05) is 17.0 Å². The molecule has 2 aliphatic heterocycles. The van der Waals surface area contributed by atoms with Crippen molar-refractivity contribution in [2.45, 2.75) is 25.2 Å². The van der Waals surface area contributed by atoms with Crippen LogP contribution >= 0.6 is 0 Å². The number of hydrogen-bond donors (Lipinski definition) is 2. The first-order valence-corrected chi connectivity index (χ1v) is 10.5. The van der Waals surface area contributed by atoms with Gasteiger partial charge in [0.2, 0.25) is 0 Å². The van der Waals surface area contributed by atoms with Crippen LogP contribution in [0, 0.1) is 17.1 Å². The van der Waals surface area contributed by atoms with E-state index < -0.39 is 11.9 Å². The highest BCUT2D eigenvalue weighted by molar-refractivity contribution is 6.01. The van der Waals surface area contributed by atoms with Gasteiger partial charge in [0.15, 0.2) is 5.82 Å². The van der Waals surface area contributed by atoms with E-state index in [9.17, 15) is 19.6 Å². The minimum absolute atomic E-state index is 0.0868. The van der Waals surface area contributed by atoms with Gasteiger partial charge in [-0.15, -0.1) is 0 Å². The average Bonchev–Trinajstić information content (AvgIpc) is 3.46. The van der Waals surface area contributed by atoms with Crippen LogP contribution in [0.5, 0.6) is 0 Å². The number of ether oxygens (including phenoxy) is 1. The Balaban J connectivity index is 1.59. The summed E-state index contributed by atoms with van der Waals surface area (Å²) >= 11 is 0. The summed E-state index contributed by atoms with van der Waals surface area (Å²) in [5, 5.41) is 26.9. The minimum Gasteiger partial charge on any atom is -0.390 e. The maximum absolute atomic E-state index is 14.7. The molecular weight excluding hydrogens is 427 g/mol. The molecule has 0 unspecified atom stereocenters. The van der Waals surface area contributed by atoms with Crippen LogP contribution < -0.4 is 10.2 Å². The molecule has 2 aliphatic rings. The van der Waals surface area contributed by atoms with Crippen molar-refractivity contribution in [3.05, 3.63) is 59.2 Å². The zero-order chi connectivity index (χ0) is 23.1. The molecule has 0 spiro atoms. The Morgan fingerprint density at radius 1 is 1.33 bits per heavy atom. The van der Waals surface area contributed by atoms with Crippen molar-refractivity contribution in [3.8, 4) is 23.0 Å². The molecule has 9 nitrogen and oxygen atoms in total. The number of halogens is 1. The van der Waals surface area contributed by atoms with Gasteiger partial charge >= 0.3 is 0 Å².